The summed E-state index contributed by atoms with van der Waals surface area (Å²) in [5.74, 6) is -0.359. The highest BCUT2D eigenvalue weighted by Crippen LogP contribution is 2.38. The zero-order chi connectivity index (χ0) is 14.0. The van der Waals surface area contributed by atoms with E-state index in [9.17, 15) is 14.5 Å². The number of nitrogen functional groups attached to an aromatic ring is 1. The molecule has 0 aliphatic carbocycles. The van der Waals surface area contributed by atoms with E-state index < -0.39 is 10.7 Å². The van der Waals surface area contributed by atoms with Crippen LogP contribution in [0.15, 0.2) is 30.6 Å². The normalized spacial score (nSPS) is 10.2. The summed E-state index contributed by atoms with van der Waals surface area (Å²) in [6.07, 6.45) is 2.29. The Bertz CT molecular complexity index is 646. The van der Waals surface area contributed by atoms with Crippen molar-refractivity contribution in [3.63, 3.8) is 0 Å². The molecule has 1 aromatic heterocycles. The van der Waals surface area contributed by atoms with Crippen LogP contribution in [0, 0.1) is 15.9 Å². The van der Waals surface area contributed by atoms with E-state index in [2.05, 4.69) is 4.98 Å². The molecule has 0 atom stereocenters. The number of nitrogens with zero attached hydrogens (tertiary/aromatic N) is 2. The molecule has 1 heterocycles. The third kappa shape index (κ3) is 2.17. The van der Waals surface area contributed by atoms with Gasteiger partial charge in [0, 0.05) is 11.8 Å². The van der Waals surface area contributed by atoms with Gasteiger partial charge in [-0.1, -0.05) is 6.07 Å². The van der Waals surface area contributed by atoms with E-state index in [4.69, 9.17) is 10.5 Å². The van der Waals surface area contributed by atoms with Gasteiger partial charge in [0.25, 0.3) is 0 Å². The molecule has 19 heavy (non-hydrogen) atoms. The SMILES string of the molecule is COc1cccc(F)c1-c1cncc([N+](=O)[O-])c1N. The number of methoxy groups -OCH3 is 1. The Morgan fingerprint density at radius 2 is 2.16 bits per heavy atom. The second kappa shape index (κ2) is 4.89. The fraction of sp³-hybridized carbons (Fsp3) is 0.0833. The highest BCUT2D eigenvalue weighted by Gasteiger charge is 2.21. The minimum absolute atomic E-state index is 0.0544. The van der Waals surface area contributed by atoms with E-state index in [0.29, 0.717) is 0 Å². The van der Waals surface area contributed by atoms with Gasteiger partial charge in [-0.3, -0.25) is 15.1 Å². The quantitative estimate of drug-likeness (QED) is 0.678. The molecule has 7 heteroatoms. The fourth-order valence-corrected chi connectivity index (χ4v) is 1.74. The molecule has 6 nitrogen and oxygen atoms in total. The fourth-order valence-electron chi connectivity index (χ4n) is 1.74. The zero-order valence-electron chi connectivity index (χ0n) is 9.96. The summed E-state index contributed by atoms with van der Waals surface area (Å²) < 4.78 is 18.9. The largest absolute Gasteiger partial charge is 0.496 e. The number of nitro groups is 1. The number of hydrogen-bond donors (Lipinski definition) is 1. The lowest BCUT2D eigenvalue weighted by Gasteiger charge is -2.11. The first-order valence-electron chi connectivity index (χ1n) is 5.27. The molecular weight excluding hydrogens is 253 g/mol. The molecule has 0 amide bonds. The van der Waals surface area contributed by atoms with Crippen molar-refractivity contribution in [1.29, 1.82) is 0 Å². The molecular formula is C12H10FN3O3. The highest BCUT2D eigenvalue weighted by atomic mass is 19.1. The van der Waals surface area contributed by atoms with Crippen molar-refractivity contribution in [3.05, 3.63) is 46.5 Å². The van der Waals surface area contributed by atoms with E-state index in [1.165, 1.54) is 31.5 Å². The van der Waals surface area contributed by atoms with Gasteiger partial charge in [0.2, 0.25) is 0 Å². The predicted octanol–water partition coefficient (Wildman–Crippen LogP) is 2.39. The van der Waals surface area contributed by atoms with E-state index in [1.54, 1.807) is 0 Å². The standard InChI is InChI=1S/C12H10FN3O3/c1-19-10-4-2-3-8(13)11(10)7-5-15-6-9(12(7)14)16(17)18/h2-6H,1H3,(H2,14,15). The summed E-state index contributed by atoms with van der Waals surface area (Å²) in [6, 6.07) is 4.23. The van der Waals surface area contributed by atoms with Crippen LogP contribution in [0.3, 0.4) is 0 Å². The lowest BCUT2D eigenvalue weighted by atomic mass is 10.0. The van der Waals surface area contributed by atoms with E-state index >= 15 is 0 Å². The maximum atomic E-state index is 13.9. The van der Waals surface area contributed by atoms with Crippen molar-refractivity contribution in [1.82, 2.24) is 4.98 Å². The van der Waals surface area contributed by atoms with Crippen LogP contribution >= 0.6 is 0 Å². The monoisotopic (exact) mass is 263 g/mol. The van der Waals surface area contributed by atoms with Crippen LogP contribution in [-0.4, -0.2) is 17.0 Å². The summed E-state index contributed by atoms with van der Waals surface area (Å²) >= 11 is 0. The van der Waals surface area contributed by atoms with E-state index in [0.717, 1.165) is 6.20 Å². The maximum absolute atomic E-state index is 13.9. The first-order chi connectivity index (χ1) is 9.06. The second-order valence-electron chi connectivity index (χ2n) is 3.69. The summed E-state index contributed by atoms with van der Waals surface area (Å²) in [4.78, 5) is 13.9. The number of halogens is 1. The third-order valence-electron chi connectivity index (χ3n) is 2.63. The number of benzene rings is 1. The zero-order valence-corrected chi connectivity index (χ0v) is 9.96. The molecule has 1 aromatic carbocycles. The summed E-state index contributed by atoms with van der Waals surface area (Å²) in [5.41, 5.74) is 5.37. The van der Waals surface area contributed by atoms with Gasteiger partial charge in [0.15, 0.2) is 0 Å². The number of nitrogens with two attached hydrogens (primary N) is 1. The first-order valence-corrected chi connectivity index (χ1v) is 5.27. The molecule has 0 aliphatic rings. The van der Waals surface area contributed by atoms with Gasteiger partial charge < -0.3 is 10.5 Å². The van der Waals surface area contributed by atoms with Gasteiger partial charge in [-0.05, 0) is 12.1 Å². The van der Waals surface area contributed by atoms with Crippen LogP contribution in [-0.2, 0) is 0 Å². The van der Waals surface area contributed by atoms with Gasteiger partial charge >= 0.3 is 5.69 Å². The number of pyridine rings is 1. The van der Waals surface area contributed by atoms with Crippen LogP contribution in [0.5, 0.6) is 5.75 Å². The average molecular weight is 263 g/mol. The number of hydrogen-bond acceptors (Lipinski definition) is 5. The van der Waals surface area contributed by atoms with Gasteiger partial charge in [-0.25, -0.2) is 4.39 Å². The number of rotatable bonds is 3. The molecule has 0 saturated heterocycles. The number of aromatic nitrogens is 1. The third-order valence-corrected chi connectivity index (χ3v) is 2.63. The molecule has 0 spiro atoms. The summed E-state index contributed by atoms with van der Waals surface area (Å²) in [6.45, 7) is 0. The lowest BCUT2D eigenvalue weighted by Crippen LogP contribution is -2.01. The van der Waals surface area contributed by atoms with Gasteiger partial charge in [0.1, 0.15) is 23.5 Å². The van der Waals surface area contributed by atoms with Crippen LogP contribution in [0.4, 0.5) is 15.8 Å². The van der Waals surface area contributed by atoms with Gasteiger partial charge in [-0.2, -0.15) is 0 Å². The Balaban J connectivity index is 2.73. The first kappa shape index (κ1) is 12.7. The molecule has 98 valence electrons. The van der Waals surface area contributed by atoms with Crippen molar-refractivity contribution in [2.24, 2.45) is 0 Å². The molecule has 2 N–H and O–H groups in total. The van der Waals surface area contributed by atoms with E-state index in [1.807, 2.05) is 0 Å². The molecule has 0 radical (unpaired) electrons. The van der Waals surface area contributed by atoms with Crippen molar-refractivity contribution in [3.8, 4) is 16.9 Å². The molecule has 0 unspecified atom stereocenters. The topological polar surface area (TPSA) is 91.3 Å². The Morgan fingerprint density at radius 3 is 2.79 bits per heavy atom. The van der Waals surface area contributed by atoms with Crippen LogP contribution in [0.1, 0.15) is 0 Å². The molecule has 0 bridgehead atoms. The Kier molecular flexibility index (Phi) is 3.28. The van der Waals surface area contributed by atoms with Gasteiger partial charge in [0.05, 0.1) is 17.6 Å². The summed E-state index contributed by atoms with van der Waals surface area (Å²) in [7, 11) is 1.37. The van der Waals surface area contributed by atoms with Crippen molar-refractivity contribution in [2.75, 3.05) is 12.8 Å². The highest BCUT2D eigenvalue weighted by molar-refractivity contribution is 5.84. The van der Waals surface area contributed by atoms with Crippen LogP contribution in [0.25, 0.3) is 11.1 Å². The average Bonchev–Trinajstić information content (AvgIpc) is 2.39. The number of ether oxygens (including phenoxy) is 1. The van der Waals surface area contributed by atoms with Gasteiger partial charge in [-0.15, -0.1) is 0 Å². The van der Waals surface area contributed by atoms with Crippen LogP contribution in [0.2, 0.25) is 0 Å². The molecule has 2 rings (SSSR count). The van der Waals surface area contributed by atoms with Crippen molar-refractivity contribution >= 4 is 11.4 Å². The Morgan fingerprint density at radius 1 is 1.42 bits per heavy atom. The van der Waals surface area contributed by atoms with Crippen LogP contribution < -0.4 is 10.5 Å². The molecule has 0 fully saturated rings. The number of anilines is 1. The minimum Gasteiger partial charge on any atom is -0.496 e. The Labute approximate surface area is 107 Å². The molecule has 0 aliphatic heterocycles. The Hall–Kier alpha value is -2.70. The molecule has 0 saturated carbocycles. The lowest BCUT2D eigenvalue weighted by molar-refractivity contribution is -0.384. The maximum Gasteiger partial charge on any atom is 0.310 e. The van der Waals surface area contributed by atoms with Crippen molar-refractivity contribution < 1.29 is 14.1 Å². The van der Waals surface area contributed by atoms with E-state index in [-0.39, 0.29) is 28.3 Å². The second-order valence-corrected chi connectivity index (χ2v) is 3.69. The molecule has 2 aromatic rings. The predicted molar refractivity (Wildman–Crippen MR) is 67.2 cm³/mol. The minimum atomic E-state index is -0.668. The summed E-state index contributed by atoms with van der Waals surface area (Å²) in [5, 5.41) is 10.8. The smallest absolute Gasteiger partial charge is 0.310 e. The van der Waals surface area contributed by atoms with Crippen molar-refractivity contribution in [2.45, 2.75) is 0 Å².